The minimum atomic E-state index is -0.757. The molecule has 194 valence electrons. The van der Waals surface area contributed by atoms with Gasteiger partial charge < -0.3 is 15.3 Å². The van der Waals surface area contributed by atoms with Gasteiger partial charge in [0.1, 0.15) is 0 Å². The van der Waals surface area contributed by atoms with E-state index in [1.54, 1.807) is 0 Å². The Balaban J connectivity index is 1.64. The van der Waals surface area contributed by atoms with Gasteiger partial charge >= 0.3 is 5.97 Å². The van der Waals surface area contributed by atoms with E-state index in [1.807, 2.05) is 36.4 Å². The lowest BCUT2D eigenvalue weighted by Gasteiger charge is -2.30. The van der Waals surface area contributed by atoms with Gasteiger partial charge in [-0.2, -0.15) is 0 Å². The van der Waals surface area contributed by atoms with Crippen molar-refractivity contribution in [2.24, 2.45) is 0 Å². The van der Waals surface area contributed by atoms with Crippen LogP contribution in [-0.4, -0.2) is 34.0 Å². The molecule has 0 heterocycles. The fourth-order valence-corrected chi connectivity index (χ4v) is 5.30. The quantitative estimate of drug-likeness (QED) is 0.199. The van der Waals surface area contributed by atoms with Crippen molar-refractivity contribution in [3.8, 4) is 0 Å². The zero-order chi connectivity index (χ0) is 25.6. The Kier molecular flexibility index (Phi) is 12.5. The van der Waals surface area contributed by atoms with Gasteiger partial charge in [0.05, 0.1) is 12.5 Å². The van der Waals surface area contributed by atoms with Gasteiger partial charge in [-0.15, -0.1) is 0 Å². The first kappa shape index (κ1) is 29.1. The molecule has 0 aliphatic heterocycles. The molecule has 2 rings (SSSR count). The summed E-state index contributed by atoms with van der Waals surface area (Å²) in [5.74, 6) is -0.757. The van der Waals surface area contributed by atoms with E-state index < -0.39 is 5.97 Å². The Bertz CT molecular complexity index is 838. The van der Waals surface area contributed by atoms with E-state index in [1.165, 1.54) is 5.56 Å². The first-order valence-corrected chi connectivity index (χ1v) is 13.4. The number of aliphatic hydroxyl groups is 2. The summed E-state index contributed by atoms with van der Waals surface area (Å²) in [7, 11) is 0. The zero-order valence-electron chi connectivity index (χ0n) is 21.8. The Morgan fingerprint density at radius 1 is 0.714 bits per heavy atom. The highest BCUT2D eigenvalue weighted by Gasteiger charge is 2.29. The van der Waals surface area contributed by atoms with Crippen LogP contribution in [0.4, 0.5) is 0 Å². The lowest BCUT2D eigenvalue weighted by atomic mass is 9.75. The first-order valence-electron chi connectivity index (χ1n) is 13.4. The van der Waals surface area contributed by atoms with Gasteiger partial charge in [-0.25, -0.2) is 0 Å². The third-order valence-electron chi connectivity index (χ3n) is 7.68. The number of aliphatic hydroxyl groups excluding tert-OH is 2. The fourth-order valence-electron chi connectivity index (χ4n) is 5.30. The van der Waals surface area contributed by atoms with Crippen LogP contribution in [0.3, 0.4) is 0 Å². The molecule has 0 spiro atoms. The van der Waals surface area contributed by atoms with E-state index in [2.05, 4.69) is 38.1 Å². The molecule has 2 aromatic carbocycles. The van der Waals surface area contributed by atoms with Gasteiger partial charge in [0.15, 0.2) is 0 Å². The minimum absolute atomic E-state index is 0.00349. The van der Waals surface area contributed by atoms with Crippen LogP contribution in [0.2, 0.25) is 0 Å². The second-order valence-corrected chi connectivity index (χ2v) is 10.7. The van der Waals surface area contributed by atoms with Crippen molar-refractivity contribution in [2.75, 3.05) is 6.61 Å². The van der Waals surface area contributed by atoms with Crippen LogP contribution in [0, 0.1) is 0 Å². The summed E-state index contributed by atoms with van der Waals surface area (Å²) in [6.45, 7) is 4.49. The highest BCUT2D eigenvalue weighted by molar-refractivity contribution is 5.69. The van der Waals surface area contributed by atoms with E-state index in [0.29, 0.717) is 0 Å². The largest absolute Gasteiger partial charge is 0.481 e. The monoisotopic (exact) mass is 482 g/mol. The van der Waals surface area contributed by atoms with Crippen molar-refractivity contribution in [3.05, 3.63) is 71.8 Å². The van der Waals surface area contributed by atoms with Gasteiger partial charge in [0.2, 0.25) is 0 Å². The number of unbranched alkanes of at least 4 members (excludes halogenated alkanes) is 4. The highest BCUT2D eigenvalue weighted by atomic mass is 16.4. The summed E-state index contributed by atoms with van der Waals surface area (Å²) in [5, 5.41) is 29.3. The van der Waals surface area contributed by atoms with Gasteiger partial charge in [-0.1, -0.05) is 113 Å². The van der Waals surface area contributed by atoms with Gasteiger partial charge in [0, 0.05) is 12.0 Å². The smallest absolute Gasteiger partial charge is 0.304 e. The van der Waals surface area contributed by atoms with E-state index in [9.17, 15) is 20.1 Å². The third kappa shape index (κ3) is 10.1. The molecule has 0 amide bonds. The first-order chi connectivity index (χ1) is 16.8. The number of benzene rings is 2. The molecule has 0 saturated carbocycles. The molecule has 3 unspecified atom stereocenters. The summed E-state index contributed by atoms with van der Waals surface area (Å²) < 4.78 is 0. The van der Waals surface area contributed by atoms with Crippen molar-refractivity contribution in [2.45, 2.75) is 108 Å². The Morgan fingerprint density at radius 2 is 1.17 bits per heavy atom. The maximum Gasteiger partial charge on any atom is 0.304 e. The Morgan fingerprint density at radius 3 is 1.63 bits per heavy atom. The number of hydrogen-bond acceptors (Lipinski definition) is 3. The van der Waals surface area contributed by atoms with Crippen molar-refractivity contribution >= 4 is 5.97 Å². The number of rotatable bonds is 18. The average Bonchev–Trinajstić information content (AvgIpc) is 2.84. The van der Waals surface area contributed by atoms with E-state index >= 15 is 0 Å². The number of aliphatic carboxylic acids is 1. The van der Waals surface area contributed by atoms with E-state index in [4.69, 9.17) is 0 Å². The normalized spacial score (nSPS) is 15.8. The fraction of sp³-hybridized carbons (Fsp3) is 0.581. The Labute approximate surface area is 212 Å². The van der Waals surface area contributed by atoms with Crippen molar-refractivity contribution in [1.82, 2.24) is 0 Å². The van der Waals surface area contributed by atoms with Crippen molar-refractivity contribution in [1.29, 1.82) is 0 Å². The summed E-state index contributed by atoms with van der Waals surface area (Å²) in [6.07, 6.45) is 10.4. The maximum atomic E-state index is 11.4. The van der Waals surface area contributed by atoms with Crippen molar-refractivity contribution < 1.29 is 20.1 Å². The number of carboxylic acids is 1. The molecular weight excluding hydrogens is 436 g/mol. The molecular formula is C31H46O4. The summed E-state index contributed by atoms with van der Waals surface area (Å²) in [5.41, 5.74) is 2.03. The van der Waals surface area contributed by atoms with Crippen LogP contribution >= 0.6 is 0 Å². The topological polar surface area (TPSA) is 77.8 Å². The second kappa shape index (κ2) is 15.1. The SMILES string of the molecule is CC(CCO)(CCCCCC(O)CCCCCC(C)(CC(=O)O)c1ccccc1)c1ccccc1. The lowest BCUT2D eigenvalue weighted by molar-refractivity contribution is -0.138. The third-order valence-corrected chi connectivity index (χ3v) is 7.68. The molecule has 0 fully saturated rings. The molecule has 0 radical (unpaired) electrons. The van der Waals surface area contributed by atoms with Crippen LogP contribution in [0.1, 0.15) is 102 Å². The minimum Gasteiger partial charge on any atom is -0.481 e. The van der Waals surface area contributed by atoms with Gasteiger partial charge in [0.25, 0.3) is 0 Å². The molecule has 0 aliphatic rings. The average molecular weight is 483 g/mol. The molecule has 0 bridgehead atoms. The van der Waals surface area contributed by atoms with Crippen LogP contribution in [0.25, 0.3) is 0 Å². The number of carbonyl (C=O) groups is 1. The van der Waals surface area contributed by atoms with Crippen LogP contribution < -0.4 is 0 Å². The predicted molar refractivity (Wildman–Crippen MR) is 144 cm³/mol. The standard InChI is InChI=1S/C31H46O4/c1-30(23-24-32,26-15-7-3-8-16-26)21-13-5-11-19-28(33)20-12-6-14-22-31(2,25-29(34)35)27-17-9-4-10-18-27/h3-4,7-10,15-18,28,32-33H,5-6,11-14,19-25H2,1-2H3,(H,34,35). The molecule has 0 aliphatic carbocycles. The van der Waals surface area contributed by atoms with Crippen LogP contribution in [0.15, 0.2) is 60.7 Å². The molecule has 3 atom stereocenters. The van der Waals surface area contributed by atoms with E-state index in [-0.39, 0.29) is 30.0 Å². The molecule has 0 saturated heterocycles. The molecule has 4 nitrogen and oxygen atoms in total. The zero-order valence-corrected chi connectivity index (χ0v) is 21.8. The molecule has 2 aromatic rings. The molecule has 3 N–H and O–H groups in total. The summed E-state index contributed by atoms with van der Waals surface area (Å²) in [6, 6.07) is 20.4. The van der Waals surface area contributed by atoms with Gasteiger partial charge in [-0.3, -0.25) is 4.79 Å². The molecule has 35 heavy (non-hydrogen) atoms. The Hall–Kier alpha value is -2.17. The second-order valence-electron chi connectivity index (χ2n) is 10.7. The van der Waals surface area contributed by atoms with Crippen molar-refractivity contribution in [3.63, 3.8) is 0 Å². The van der Waals surface area contributed by atoms with Gasteiger partial charge in [-0.05, 0) is 48.6 Å². The van der Waals surface area contributed by atoms with E-state index in [0.717, 1.165) is 76.2 Å². The highest BCUT2D eigenvalue weighted by Crippen LogP contribution is 2.34. The summed E-state index contributed by atoms with van der Waals surface area (Å²) >= 11 is 0. The molecule has 4 heteroatoms. The number of hydrogen-bond donors (Lipinski definition) is 3. The molecule has 0 aromatic heterocycles. The van der Waals surface area contributed by atoms with Crippen LogP contribution in [0.5, 0.6) is 0 Å². The maximum absolute atomic E-state index is 11.4. The number of carboxylic acid groups (broad SMARTS) is 1. The lowest BCUT2D eigenvalue weighted by Crippen LogP contribution is -2.25. The predicted octanol–water partition coefficient (Wildman–Crippen LogP) is 7.02. The summed E-state index contributed by atoms with van der Waals surface area (Å²) in [4.78, 5) is 11.4. The van der Waals surface area contributed by atoms with Crippen LogP contribution in [-0.2, 0) is 15.6 Å².